The second kappa shape index (κ2) is 8.48. The number of carbonyl (C=O) groups excluding carboxylic acids is 2. The average Bonchev–Trinajstić information content (AvgIpc) is 3.19. The Morgan fingerprint density at radius 1 is 1.04 bits per heavy atom. The van der Waals surface area contributed by atoms with E-state index in [0.717, 1.165) is 5.56 Å². The van der Waals surface area contributed by atoms with Crippen molar-refractivity contribution in [3.63, 3.8) is 0 Å². The van der Waals surface area contributed by atoms with Gasteiger partial charge in [-0.3, -0.25) is 4.79 Å². The molecule has 0 aromatic heterocycles. The molecule has 2 fully saturated rings. The minimum Gasteiger partial charge on any atom is -0.450 e. The molecule has 0 unspecified atom stereocenters. The standard InChI is InChI=1S/C19H27N3O5S/c1-3-27-19(24)21-13-11-20(12-14-21)18(23)17-5-4-10-22(17)28(25,26)16-8-6-15(2)7-9-16/h6-9,17H,3-5,10-14H2,1-2H3/t17-/m0/s1. The zero-order valence-corrected chi connectivity index (χ0v) is 17.2. The van der Waals surface area contributed by atoms with E-state index in [9.17, 15) is 18.0 Å². The molecule has 9 heteroatoms. The molecule has 28 heavy (non-hydrogen) atoms. The van der Waals surface area contributed by atoms with Crippen LogP contribution in [-0.2, 0) is 19.6 Å². The lowest BCUT2D eigenvalue weighted by Gasteiger charge is -2.36. The summed E-state index contributed by atoms with van der Waals surface area (Å²) >= 11 is 0. The zero-order chi connectivity index (χ0) is 20.3. The molecule has 1 aromatic rings. The quantitative estimate of drug-likeness (QED) is 0.751. The smallest absolute Gasteiger partial charge is 0.409 e. The van der Waals surface area contributed by atoms with Crippen LogP contribution in [0.1, 0.15) is 25.3 Å². The van der Waals surface area contributed by atoms with Gasteiger partial charge in [-0.15, -0.1) is 0 Å². The molecule has 3 rings (SSSR count). The molecule has 2 aliphatic rings. The van der Waals surface area contributed by atoms with Gasteiger partial charge in [-0.2, -0.15) is 4.31 Å². The second-order valence-electron chi connectivity index (χ2n) is 7.10. The highest BCUT2D eigenvalue weighted by Crippen LogP contribution is 2.27. The van der Waals surface area contributed by atoms with Crippen LogP contribution in [-0.4, -0.2) is 79.9 Å². The van der Waals surface area contributed by atoms with Crippen LogP contribution in [0.15, 0.2) is 29.2 Å². The number of sulfonamides is 1. The fourth-order valence-electron chi connectivity index (χ4n) is 3.66. The molecule has 2 saturated heterocycles. The number of aryl methyl sites for hydroxylation is 1. The van der Waals surface area contributed by atoms with Gasteiger partial charge in [-0.05, 0) is 38.8 Å². The van der Waals surface area contributed by atoms with E-state index < -0.39 is 16.1 Å². The maximum absolute atomic E-state index is 13.0. The van der Waals surface area contributed by atoms with E-state index in [2.05, 4.69) is 0 Å². The fraction of sp³-hybridized carbons (Fsp3) is 0.579. The lowest BCUT2D eigenvalue weighted by Crippen LogP contribution is -2.55. The van der Waals surface area contributed by atoms with Crippen molar-refractivity contribution in [2.75, 3.05) is 39.3 Å². The van der Waals surface area contributed by atoms with Crippen molar-refractivity contribution in [1.29, 1.82) is 0 Å². The summed E-state index contributed by atoms with van der Waals surface area (Å²) in [6, 6.07) is 6.01. The van der Waals surface area contributed by atoms with Crippen molar-refractivity contribution in [1.82, 2.24) is 14.1 Å². The van der Waals surface area contributed by atoms with Crippen LogP contribution in [0.2, 0.25) is 0 Å². The van der Waals surface area contributed by atoms with Crippen molar-refractivity contribution in [3.05, 3.63) is 29.8 Å². The van der Waals surface area contributed by atoms with E-state index in [1.54, 1.807) is 41.0 Å². The van der Waals surface area contributed by atoms with Crippen molar-refractivity contribution >= 4 is 22.0 Å². The molecule has 0 aliphatic carbocycles. The van der Waals surface area contributed by atoms with E-state index in [0.29, 0.717) is 52.2 Å². The molecular formula is C19H27N3O5S. The molecule has 0 saturated carbocycles. The van der Waals surface area contributed by atoms with Gasteiger partial charge in [0.05, 0.1) is 11.5 Å². The molecule has 2 heterocycles. The van der Waals surface area contributed by atoms with Crippen LogP contribution in [0, 0.1) is 6.92 Å². The minimum atomic E-state index is -3.72. The number of benzene rings is 1. The van der Waals surface area contributed by atoms with Gasteiger partial charge >= 0.3 is 6.09 Å². The van der Waals surface area contributed by atoms with E-state index >= 15 is 0 Å². The van der Waals surface area contributed by atoms with Crippen LogP contribution in [0.3, 0.4) is 0 Å². The van der Waals surface area contributed by atoms with Crippen molar-refractivity contribution in [2.45, 2.75) is 37.6 Å². The molecule has 0 radical (unpaired) electrons. The SMILES string of the molecule is CCOC(=O)N1CCN(C(=O)[C@@H]2CCCN2S(=O)(=O)c2ccc(C)cc2)CC1. The number of hydrogen-bond acceptors (Lipinski definition) is 5. The third-order valence-corrected chi connectivity index (χ3v) is 7.16. The molecule has 2 amide bonds. The fourth-order valence-corrected chi connectivity index (χ4v) is 5.31. The molecule has 2 aliphatic heterocycles. The van der Waals surface area contributed by atoms with Crippen LogP contribution in [0.5, 0.6) is 0 Å². The monoisotopic (exact) mass is 409 g/mol. The Morgan fingerprint density at radius 2 is 1.64 bits per heavy atom. The summed E-state index contributed by atoms with van der Waals surface area (Å²) in [4.78, 5) is 28.3. The van der Waals surface area contributed by atoms with Crippen molar-refractivity contribution in [3.8, 4) is 0 Å². The molecule has 1 aromatic carbocycles. The Hall–Kier alpha value is -2.13. The van der Waals surface area contributed by atoms with E-state index in [4.69, 9.17) is 4.74 Å². The van der Waals surface area contributed by atoms with Crippen LogP contribution in [0.4, 0.5) is 4.79 Å². The number of ether oxygens (including phenoxy) is 1. The first-order chi connectivity index (χ1) is 13.3. The van der Waals surface area contributed by atoms with Gasteiger partial charge < -0.3 is 14.5 Å². The molecule has 0 bridgehead atoms. The van der Waals surface area contributed by atoms with Crippen molar-refractivity contribution < 1.29 is 22.7 Å². The number of carbonyl (C=O) groups is 2. The third-order valence-electron chi connectivity index (χ3n) is 5.23. The second-order valence-corrected chi connectivity index (χ2v) is 8.99. The van der Waals surface area contributed by atoms with Gasteiger partial charge in [0.2, 0.25) is 15.9 Å². The minimum absolute atomic E-state index is 0.184. The first kappa shape index (κ1) is 20.6. The first-order valence-electron chi connectivity index (χ1n) is 9.63. The zero-order valence-electron chi connectivity index (χ0n) is 16.3. The van der Waals surface area contributed by atoms with Crippen LogP contribution < -0.4 is 0 Å². The topological polar surface area (TPSA) is 87.2 Å². The number of amides is 2. The summed E-state index contributed by atoms with van der Waals surface area (Å²) in [7, 11) is -3.72. The van der Waals surface area contributed by atoms with Crippen LogP contribution >= 0.6 is 0 Å². The van der Waals surface area contributed by atoms with Gasteiger partial charge in [0.15, 0.2) is 0 Å². The Labute approximate surface area is 166 Å². The molecular weight excluding hydrogens is 382 g/mol. The Morgan fingerprint density at radius 3 is 2.25 bits per heavy atom. The highest BCUT2D eigenvalue weighted by atomic mass is 32.2. The summed E-state index contributed by atoms with van der Waals surface area (Å²) in [5, 5.41) is 0. The highest BCUT2D eigenvalue weighted by Gasteiger charge is 2.41. The maximum Gasteiger partial charge on any atom is 0.409 e. The molecule has 1 atom stereocenters. The number of hydrogen-bond donors (Lipinski definition) is 0. The summed E-state index contributed by atoms with van der Waals surface area (Å²) in [6.07, 6.45) is 0.797. The van der Waals surface area contributed by atoms with Gasteiger partial charge in [0, 0.05) is 32.7 Å². The van der Waals surface area contributed by atoms with E-state index in [-0.39, 0.29) is 16.9 Å². The lowest BCUT2D eigenvalue weighted by molar-refractivity contribution is -0.136. The average molecular weight is 410 g/mol. The number of rotatable bonds is 4. The molecule has 0 spiro atoms. The first-order valence-corrected chi connectivity index (χ1v) is 11.1. The largest absolute Gasteiger partial charge is 0.450 e. The predicted octanol–water partition coefficient (Wildman–Crippen LogP) is 1.45. The summed E-state index contributed by atoms with van der Waals surface area (Å²) in [6.45, 7) is 5.85. The third kappa shape index (κ3) is 4.15. The number of piperazine rings is 1. The Kier molecular flexibility index (Phi) is 6.24. The van der Waals surface area contributed by atoms with Crippen molar-refractivity contribution in [2.24, 2.45) is 0 Å². The predicted molar refractivity (Wildman–Crippen MR) is 103 cm³/mol. The molecule has 0 N–H and O–H groups in total. The van der Waals surface area contributed by atoms with Gasteiger partial charge in [-0.1, -0.05) is 17.7 Å². The van der Waals surface area contributed by atoms with Gasteiger partial charge in [0.25, 0.3) is 0 Å². The van der Waals surface area contributed by atoms with Crippen LogP contribution in [0.25, 0.3) is 0 Å². The summed E-state index contributed by atoms with van der Waals surface area (Å²) < 4.78 is 32.4. The maximum atomic E-state index is 13.0. The summed E-state index contributed by atoms with van der Waals surface area (Å²) in [5.41, 5.74) is 0.979. The normalized spacial score (nSPS) is 21.0. The molecule has 8 nitrogen and oxygen atoms in total. The van der Waals surface area contributed by atoms with E-state index in [1.165, 1.54) is 4.31 Å². The number of nitrogens with zero attached hydrogens (tertiary/aromatic N) is 3. The highest BCUT2D eigenvalue weighted by molar-refractivity contribution is 7.89. The van der Waals surface area contributed by atoms with Gasteiger partial charge in [0.1, 0.15) is 6.04 Å². The Bertz CT molecular complexity index is 816. The lowest BCUT2D eigenvalue weighted by atomic mass is 10.2. The summed E-state index contributed by atoms with van der Waals surface area (Å²) in [5.74, 6) is -0.184. The van der Waals surface area contributed by atoms with E-state index in [1.807, 2.05) is 6.92 Å². The van der Waals surface area contributed by atoms with Gasteiger partial charge in [-0.25, -0.2) is 13.2 Å². The molecule has 154 valence electrons. The Balaban J connectivity index is 1.68.